The van der Waals surface area contributed by atoms with Crippen LogP contribution in [0.15, 0.2) is 312 Å². The van der Waals surface area contributed by atoms with Crippen molar-refractivity contribution < 1.29 is 13.6 Å². The van der Waals surface area contributed by atoms with Gasteiger partial charge in [0.25, 0.3) is 0 Å². The number of ether oxygens (including phenoxy) is 1. The molecule has 16 rings (SSSR count). The Labute approximate surface area is 571 Å². The highest BCUT2D eigenvalue weighted by molar-refractivity contribution is 6.95. The lowest BCUT2D eigenvalue weighted by Crippen LogP contribution is -2.51. The number of para-hydroxylation sites is 4. The van der Waals surface area contributed by atoms with Crippen molar-refractivity contribution in [2.24, 2.45) is 0 Å². The standard InChI is InChI=1S/C91H78N2O3Si/c1-88(2,3)60-38-48-67(49-39-60)92(65-26-14-10-15-27-65)78-58-77-85(87-82(78)74-34-22-24-36-80(74)96-87)84-76(59-79(86-83(84)75-35-23-25-37-81(75)95-86)93(66-28-16-11-17-29-66)68-50-40-61(41-51-68)89(4,5)6)91(77,63-44-54-70(55-45-63)94-69-52-42-62(43-53-69)90(7,8)9)64-46-56-73(57-47-64)97(71-30-18-12-19-31-71)72-32-20-13-21-33-72/h10-59,97H,1-9H3. The smallest absolute Gasteiger partial charge is 0.160 e. The largest absolute Gasteiger partial charge is 0.457 e. The van der Waals surface area contributed by atoms with Gasteiger partial charge >= 0.3 is 0 Å². The summed E-state index contributed by atoms with van der Waals surface area (Å²) in [6.07, 6.45) is 0. The van der Waals surface area contributed by atoms with E-state index in [0.717, 1.165) is 123 Å². The number of hydrogen-bond donors (Lipinski definition) is 0. The first-order valence-corrected chi connectivity index (χ1v) is 35.7. The first kappa shape index (κ1) is 61.0. The molecule has 0 saturated carbocycles. The molecule has 0 saturated heterocycles. The second-order valence-electron chi connectivity index (χ2n) is 29.2. The topological polar surface area (TPSA) is 42.0 Å². The number of furan rings is 2. The van der Waals surface area contributed by atoms with E-state index in [9.17, 15) is 0 Å². The van der Waals surface area contributed by atoms with E-state index in [0.29, 0.717) is 0 Å². The van der Waals surface area contributed by atoms with Crippen LogP contribution in [0.25, 0.3) is 55.0 Å². The molecule has 6 heteroatoms. The molecule has 13 aromatic carbocycles. The van der Waals surface area contributed by atoms with Gasteiger partial charge < -0.3 is 23.4 Å². The third kappa shape index (κ3) is 10.6. The highest BCUT2D eigenvalue weighted by atomic mass is 28.3. The van der Waals surface area contributed by atoms with Crippen LogP contribution in [0.2, 0.25) is 0 Å². The monoisotopic (exact) mass is 1270 g/mol. The quantitative estimate of drug-likeness (QED) is 0.0850. The molecular weight excluding hydrogens is 1200 g/mol. The van der Waals surface area contributed by atoms with Crippen LogP contribution in [0.4, 0.5) is 34.1 Å². The van der Waals surface area contributed by atoms with E-state index in [2.05, 4.69) is 375 Å². The average Bonchev–Trinajstić information content (AvgIpc) is 1.50. The van der Waals surface area contributed by atoms with Crippen molar-refractivity contribution >= 4 is 102 Å². The zero-order chi connectivity index (χ0) is 66.4. The molecule has 1 atom stereocenters. The van der Waals surface area contributed by atoms with Gasteiger partial charge in [0, 0.05) is 50.0 Å². The number of fused-ring (bicyclic) bond motifs is 11. The zero-order valence-electron chi connectivity index (χ0n) is 56.6. The van der Waals surface area contributed by atoms with Crippen molar-refractivity contribution in [2.45, 2.75) is 84.0 Å². The van der Waals surface area contributed by atoms with Crippen LogP contribution >= 0.6 is 0 Å². The summed E-state index contributed by atoms with van der Waals surface area (Å²) >= 11 is 0. The molecular formula is C91H78N2O3Si. The summed E-state index contributed by atoms with van der Waals surface area (Å²) in [6, 6.07) is 112. The highest BCUT2D eigenvalue weighted by Gasteiger charge is 2.51. The van der Waals surface area contributed by atoms with Crippen molar-refractivity contribution in [3.05, 3.63) is 342 Å². The second-order valence-corrected chi connectivity index (χ2v) is 32.1. The van der Waals surface area contributed by atoms with Gasteiger partial charge in [-0.1, -0.05) is 284 Å². The Morgan fingerprint density at radius 1 is 0.320 bits per heavy atom. The minimum Gasteiger partial charge on any atom is -0.457 e. The molecule has 1 unspecified atom stereocenters. The Hall–Kier alpha value is -10.9. The van der Waals surface area contributed by atoms with Crippen LogP contribution in [0, 0.1) is 0 Å². The molecule has 1 aliphatic carbocycles. The van der Waals surface area contributed by atoms with Crippen molar-refractivity contribution in [1.29, 1.82) is 0 Å². The first-order valence-electron chi connectivity index (χ1n) is 34.0. The van der Waals surface area contributed by atoms with E-state index in [1.807, 2.05) is 0 Å². The van der Waals surface area contributed by atoms with Crippen LogP contribution in [0.1, 0.15) is 101 Å². The van der Waals surface area contributed by atoms with Gasteiger partial charge in [0.2, 0.25) is 0 Å². The number of hydrogen-bond acceptors (Lipinski definition) is 5. The maximum atomic E-state index is 7.72. The lowest BCUT2D eigenvalue weighted by molar-refractivity contribution is 0.481. The predicted octanol–water partition coefficient (Wildman–Crippen LogP) is 22.7. The third-order valence-corrected chi connectivity index (χ3v) is 23.2. The highest BCUT2D eigenvalue weighted by Crippen LogP contribution is 2.65. The fraction of sp³-hybridized carbons (Fsp3) is 0.143. The lowest BCUT2D eigenvalue weighted by Gasteiger charge is -2.36. The Balaban J connectivity index is 1.07. The van der Waals surface area contributed by atoms with Gasteiger partial charge in [-0.2, -0.15) is 0 Å². The zero-order valence-corrected chi connectivity index (χ0v) is 57.7. The normalized spacial score (nSPS) is 14.0. The number of benzene rings is 13. The van der Waals surface area contributed by atoms with E-state index in [1.54, 1.807) is 0 Å². The summed E-state index contributed by atoms with van der Waals surface area (Å²) < 4.78 is 22.1. The van der Waals surface area contributed by atoms with Crippen LogP contribution in [-0.4, -0.2) is 8.80 Å². The van der Waals surface area contributed by atoms with Crippen LogP contribution in [-0.2, 0) is 21.7 Å². The summed E-state index contributed by atoms with van der Waals surface area (Å²) in [5, 5.41) is 8.12. The molecule has 0 fully saturated rings. The summed E-state index contributed by atoms with van der Waals surface area (Å²) in [7, 11) is -2.02. The van der Waals surface area contributed by atoms with Crippen LogP contribution < -0.4 is 30.1 Å². The van der Waals surface area contributed by atoms with Gasteiger partial charge in [-0.25, -0.2) is 0 Å². The Morgan fingerprint density at radius 2 is 0.670 bits per heavy atom. The van der Waals surface area contributed by atoms with E-state index < -0.39 is 14.2 Å². The van der Waals surface area contributed by atoms with Crippen molar-refractivity contribution in [3.8, 4) is 22.6 Å². The van der Waals surface area contributed by atoms with E-state index in [-0.39, 0.29) is 16.2 Å². The lowest BCUT2D eigenvalue weighted by atomic mass is 9.67. The molecule has 1 aliphatic rings. The van der Waals surface area contributed by atoms with E-state index >= 15 is 0 Å². The van der Waals surface area contributed by atoms with Gasteiger partial charge in [-0.05, 0) is 152 Å². The van der Waals surface area contributed by atoms with Gasteiger partial charge in [-0.3, -0.25) is 0 Å². The molecule has 474 valence electrons. The van der Waals surface area contributed by atoms with Gasteiger partial charge in [0.05, 0.1) is 22.2 Å². The first-order chi connectivity index (χ1) is 47.0. The van der Waals surface area contributed by atoms with Gasteiger partial charge in [0.1, 0.15) is 37.0 Å². The van der Waals surface area contributed by atoms with Crippen molar-refractivity contribution in [2.75, 3.05) is 9.80 Å². The minimum absolute atomic E-state index is 0.00121. The van der Waals surface area contributed by atoms with E-state index in [4.69, 9.17) is 13.6 Å². The Bertz CT molecular complexity index is 5330. The second kappa shape index (κ2) is 23.8. The fourth-order valence-electron chi connectivity index (χ4n) is 15.1. The molecule has 0 bridgehead atoms. The molecule has 97 heavy (non-hydrogen) atoms. The maximum Gasteiger partial charge on any atom is 0.160 e. The Morgan fingerprint density at radius 3 is 1.14 bits per heavy atom. The summed E-state index contributed by atoms with van der Waals surface area (Å²) in [5.41, 5.74) is 18.2. The minimum atomic E-state index is -2.02. The van der Waals surface area contributed by atoms with Crippen molar-refractivity contribution in [1.82, 2.24) is 0 Å². The average molecular weight is 1280 g/mol. The van der Waals surface area contributed by atoms with Gasteiger partial charge in [0.15, 0.2) is 5.58 Å². The fourth-order valence-corrected chi connectivity index (χ4v) is 18.0. The molecule has 15 aromatic rings. The number of anilines is 6. The summed E-state index contributed by atoms with van der Waals surface area (Å²) in [4.78, 5) is 4.87. The summed E-state index contributed by atoms with van der Waals surface area (Å²) in [5.74, 6) is 1.52. The molecule has 0 radical (unpaired) electrons. The molecule has 2 heterocycles. The van der Waals surface area contributed by atoms with Crippen molar-refractivity contribution in [3.63, 3.8) is 0 Å². The molecule has 5 nitrogen and oxygen atoms in total. The van der Waals surface area contributed by atoms with Crippen LogP contribution in [0.3, 0.4) is 0 Å². The maximum absolute atomic E-state index is 7.72. The summed E-state index contributed by atoms with van der Waals surface area (Å²) in [6.45, 7) is 20.4. The van der Waals surface area contributed by atoms with Gasteiger partial charge in [-0.15, -0.1) is 0 Å². The van der Waals surface area contributed by atoms with Crippen LogP contribution in [0.5, 0.6) is 11.5 Å². The molecule has 0 N–H and O–H groups in total. The van der Waals surface area contributed by atoms with E-state index in [1.165, 1.54) is 32.3 Å². The molecule has 0 amide bonds. The molecule has 2 aromatic heterocycles. The molecule has 0 aliphatic heterocycles. The number of rotatable bonds is 13. The molecule has 0 spiro atoms. The SMILES string of the molecule is CC(C)(C)c1ccc(Oc2ccc(C3(c4ccc([SiH](c5ccccc5)c5ccccc5)cc4)c4cc(N(c5ccccc5)c5ccc(C(C)(C)C)cc5)c5c(oc6ccccc65)c4-c4c3cc(N(c3ccccc3)c3ccc(C(C)(C)C)cc3)c3oc5ccccc5c43)cc2)cc1. The third-order valence-electron chi connectivity index (χ3n) is 20.0. The number of nitrogens with zero attached hydrogens (tertiary/aromatic N) is 2. The predicted molar refractivity (Wildman–Crippen MR) is 409 cm³/mol. The Kier molecular flexibility index (Phi) is 14.9.